The Kier molecular flexibility index (Phi) is 12.7. The summed E-state index contributed by atoms with van der Waals surface area (Å²) >= 11 is 0. The summed E-state index contributed by atoms with van der Waals surface area (Å²) in [6, 6.07) is 10.1. The Morgan fingerprint density at radius 3 is 2.00 bits per heavy atom. The molecule has 0 unspecified atom stereocenters. The van der Waals surface area contributed by atoms with Crippen LogP contribution in [0.4, 0.5) is 0 Å². The monoisotopic (exact) mass is 344 g/mol. The van der Waals surface area contributed by atoms with E-state index in [-0.39, 0.29) is 5.97 Å². The Hall–Kier alpha value is -1.57. The fourth-order valence-electron chi connectivity index (χ4n) is 3.08. The minimum Gasteiger partial charge on any atom is -0.466 e. The molecule has 0 aliphatic carbocycles. The Labute approximate surface area is 154 Å². The van der Waals surface area contributed by atoms with Crippen molar-refractivity contribution >= 4 is 5.97 Å². The maximum absolute atomic E-state index is 11.9. The van der Waals surface area contributed by atoms with Gasteiger partial charge in [-0.15, -0.1) is 0 Å². The third-order valence-corrected chi connectivity index (χ3v) is 4.63. The lowest BCUT2D eigenvalue weighted by Gasteiger charge is -2.06. The van der Waals surface area contributed by atoms with E-state index in [1.54, 1.807) is 0 Å². The molecule has 0 radical (unpaired) electrons. The molecule has 1 aromatic carbocycles. The SMILES string of the molecule is CCCCCCCCCCCCC=C(Cc1ccccc1)C(=O)OC. The van der Waals surface area contributed by atoms with E-state index < -0.39 is 0 Å². The van der Waals surface area contributed by atoms with Crippen LogP contribution in [0.5, 0.6) is 0 Å². The van der Waals surface area contributed by atoms with Crippen LogP contribution in [-0.2, 0) is 16.0 Å². The van der Waals surface area contributed by atoms with Gasteiger partial charge < -0.3 is 4.74 Å². The first-order valence-corrected chi connectivity index (χ1v) is 10.1. The van der Waals surface area contributed by atoms with Gasteiger partial charge in [0.05, 0.1) is 7.11 Å². The number of rotatable bonds is 14. The van der Waals surface area contributed by atoms with Crippen LogP contribution < -0.4 is 0 Å². The third-order valence-electron chi connectivity index (χ3n) is 4.63. The van der Waals surface area contributed by atoms with Gasteiger partial charge in [0, 0.05) is 12.0 Å². The molecule has 0 heterocycles. The van der Waals surface area contributed by atoms with Crippen molar-refractivity contribution in [1.29, 1.82) is 0 Å². The van der Waals surface area contributed by atoms with E-state index >= 15 is 0 Å². The zero-order valence-electron chi connectivity index (χ0n) is 16.3. The van der Waals surface area contributed by atoms with Crippen LogP contribution in [0, 0.1) is 0 Å². The third kappa shape index (κ3) is 10.8. The average Bonchev–Trinajstić information content (AvgIpc) is 2.65. The largest absolute Gasteiger partial charge is 0.466 e. The van der Waals surface area contributed by atoms with Crippen molar-refractivity contribution in [2.24, 2.45) is 0 Å². The van der Waals surface area contributed by atoms with Crippen molar-refractivity contribution < 1.29 is 9.53 Å². The minimum absolute atomic E-state index is 0.198. The van der Waals surface area contributed by atoms with E-state index in [1.807, 2.05) is 18.2 Å². The number of methoxy groups -OCH3 is 1. The van der Waals surface area contributed by atoms with Gasteiger partial charge in [-0.2, -0.15) is 0 Å². The summed E-state index contributed by atoms with van der Waals surface area (Å²) in [4.78, 5) is 11.9. The molecular weight excluding hydrogens is 308 g/mol. The lowest BCUT2D eigenvalue weighted by atomic mass is 10.0. The van der Waals surface area contributed by atoms with Gasteiger partial charge in [0.15, 0.2) is 0 Å². The molecule has 0 aromatic heterocycles. The van der Waals surface area contributed by atoms with Crippen LogP contribution in [0.2, 0.25) is 0 Å². The van der Waals surface area contributed by atoms with Gasteiger partial charge in [0.25, 0.3) is 0 Å². The number of carbonyl (C=O) groups excluding carboxylic acids is 1. The predicted molar refractivity (Wildman–Crippen MR) is 107 cm³/mol. The fourth-order valence-corrected chi connectivity index (χ4v) is 3.08. The number of ether oxygens (including phenoxy) is 1. The number of esters is 1. The van der Waals surface area contributed by atoms with E-state index in [9.17, 15) is 4.79 Å². The van der Waals surface area contributed by atoms with E-state index in [4.69, 9.17) is 4.74 Å². The molecule has 0 amide bonds. The van der Waals surface area contributed by atoms with Crippen LogP contribution in [0.15, 0.2) is 42.0 Å². The van der Waals surface area contributed by atoms with Crippen LogP contribution in [-0.4, -0.2) is 13.1 Å². The summed E-state index contributed by atoms with van der Waals surface area (Å²) in [6.45, 7) is 2.26. The van der Waals surface area contributed by atoms with E-state index in [1.165, 1.54) is 64.9 Å². The molecule has 25 heavy (non-hydrogen) atoms. The number of unbranched alkanes of at least 4 members (excludes halogenated alkanes) is 10. The lowest BCUT2D eigenvalue weighted by molar-refractivity contribution is -0.136. The first-order chi connectivity index (χ1) is 12.3. The highest BCUT2D eigenvalue weighted by molar-refractivity contribution is 5.88. The van der Waals surface area contributed by atoms with Crippen LogP contribution >= 0.6 is 0 Å². The predicted octanol–water partition coefficient (Wildman–Crippen LogP) is 6.64. The molecule has 0 saturated heterocycles. The van der Waals surface area contributed by atoms with Crippen molar-refractivity contribution in [1.82, 2.24) is 0 Å². The zero-order valence-corrected chi connectivity index (χ0v) is 16.3. The topological polar surface area (TPSA) is 26.3 Å². The van der Waals surface area contributed by atoms with Gasteiger partial charge in [-0.25, -0.2) is 4.79 Å². The Morgan fingerprint density at radius 2 is 1.44 bits per heavy atom. The van der Waals surface area contributed by atoms with Gasteiger partial charge in [0.2, 0.25) is 0 Å². The number of allylic oxidation sites excluding steroid dienone is 1. The van der Waals surface area contributed by atoms with Crippen LogP contribution in [0.3, 0.4) is 0 Å². The highest BCUT2D eigenvalue weighted by atomic mass is 16.5. The van der Waals surface area contributed by atoms with Crippen molar-refractivity contribution in [2.75, 3.05) is 7.11 Å². The average molecular weight is 345 g/mol. The van der Waals surface area contributed by atoms with Crippen molar-refractivity contribution in [3.05, 3.63) is 47.5 Å². The quantitative estimate of drug-likeness (QED) is 0.215. The first-order valence-electron chi connectivity index (χ1n) is 10.1. The van der Waals surface area contributed by atoms with E-state index in [0.717, 1.165) is 24.0 Å². The molecule has 0 fully saturated rings. The summed E-state index contributed by atoms with van der Waals surface area (Å²) < 4.78 is 4.93. The molecule has 0 N–H and O–H groups in total. The fraction of sp³-hybridized carbons (Fsp3) is 0.609. The summed E-state index contributed by atoms with van der Waals surface area (Å²) in [5.41, 5.74) is 1.94. The molecule has 140 valence electrons. The smallest absolute Gasteiger partial charge is 0.333 e. The standard InChI is InChI=1S/C23H36O2/c1-3-4-5-6-7-8-9-10-11-12-16-19-22(23(24)25-2)20-21-17-14-13-15-18-21/h13-15,17-19H,3-12,16,20H2,1-2H3. The molecule has 0 atom stereocenters. The Bertz CT molecular complexity index is 476. The molecule has 0 spiro atoms. The molecule has 0 bridgehead atoms. The second-order valence-corrected chi connectivity index (χ2v) is 6.85. The molecule has 2 nitrogen and oxygen atoms in total. The molecule has 0 saturated carbocycles. The number of benzene rings is 1. The number of hydrogen-bond donors (Lipinski definition) is 0. The Morgan fingerprint density at radius 1 is 0.880 bits per heavy atom. The van der Waals surface area contributed by atoms with Crippen molar-refractivity contribution in [3.8, 4) is 0 Å². The number of hydrogen-bond acceptors (Lipinski definition) is 2. The van der Waals surface area contributed by atoms with Crippen molar-refractivity contribution in [2.45, 2.75) is 84.0 Å². The summed E-state index contributed by atoms with van der Waals surface area (Å²) in [5.74, 6) is -0.198. The second kappa shape index (κ2) is 14.7. The van der Waals surface area contributed by atoms with Gasteiger partial charge in [-0.05, 0) is 18.4 Å². The summed E-state index contributed by atoms with van der Waals surface area (Å²) in [5, 5.41) is 0. The highest BCUT2D eigenvalue weighted by Crippen LogP contribution is 2.14. The van der Waals surface area contributed by atoms with Crippen LogP contribution in [0.1, 0.15) is 83.1 Å². The maximum atomic E-state index is 11.9. The van der Waals surface area contributed by atoms with E-state index in [2.05, 4.69) is 25.1 Å². The summed E-state index contributed by atoms with van der Waals surface area (Å²) in [7, 11) is 1.46. The van der Waals surface area contributed by atoms with Crippen LogP contribution in [0.25, 0.3) is 0 Å². The molecular formula is C23H36O2. The number of carbonyl (C=O) groups is 1. The minimum atomic E-state index is -0.198. The van der Waals surface area contributed by atoms with Gasteiger partial charge in [-0.1, -0.05) is 101 Å². The molecule has 1 rings (SSSR count). The van der Waals surface area contributed by atoms with E-state index in [0.29, 0.717) is 6.42 Å². The van der Waals surface area contributed by atoms with Gasteiger partial charge in [-0.3, -0.25) is 0 Å². The lowest BCUT2D eigenvalue weighted by Crippen LogP contribution is -2.07. The highest BCUT2D eigenvalue weighted by Gasteiger charge is 2.09. The normalized spacial score (nSPS) is 11.5. The molecule has 0 aliphatic rings. The Balaban J connectivity index is 2.19. The van der Waals surface area contributed by atoms with Gasteiger partial charge in [0.1, 0.15) is 0 Å². The van der Waals surface area contributed by atoms with Gasteiger partial charge >= 0.3 is 5.97 Å². The zero-order chi connectivity index (χ0) is 18.2. The maximum Gasteiger partial charge on any atom is 0.333 e. The molecule has 0 aliphatic heterocycles. The summed E-state index contributed by atoms with van der Waals surface area (Å²) in [6.07, 6.45) is 17.1. The van der Waals surface area contributed by atoms with Crippen molar-refractivity contribution in [3.63, 3.8) is 0 Å². The second-order valence-electron chi connectivity index (χ2n) is 6.85. The first kappa shape index (κ1) is 21.5. The molecule has 1 aromatic rings. The molecule has 2 heteroatoms.